The molecule has 0 bridgehead atoms. The molecule has 7 nitrogen and oxygen atoms in total. The Morgan fingerprint density at radius 2 is 1.91 bits per heavy atom. The van der Waals surface area contributed by atoms with Gasteiger partial charge in [0, 0.05) is 28.7 Å². The normalized spacial score (nSPS) is 27.2. The van der Waals surface area contributed by atoms with E-state index in [0.717, 1.165) is 42.7 Å². The first-order valence-corrected chi connectivity index (χ1v) is 12.8. The lowest BCUT2D eigenvalue weighted by Crippen LogP contribution is -2.55. The molecule has 0 unspecified atom stereocenters. The van der Waals surface area contributed by atoms with Crippen molar-refractivity contribution in [1.29, 1.82) is 0 Å². The third-order valence-corrected chi connectivity index (χ3v) is 9.41. The van der Waals surface area contributed by atoms with Gasteiger partial charge in [-0.2, -0.15) is 0 Å². The zero-order valence-electron chi connectivity index (χ0n) is 17.3. The molecular formula is C23H22ClN3O4S. The Morgan fingerprint density at radius 3 is 2.66 bits per heavy atom. The predicted molar refractivity (Wildman–Crippen MR) is 118 cm³/mol. The molecule has 1 aromatic carbocycles. The molecule has 2 heterocycles. The van der Waals surface area contributed by atoms with Gasteiger partial charge in [0.25, 0.3) is 5.91 Å². The Balaban J connectivity index is 1.06. The average Bonchev–Trinajstić information content (AvgIpc) is 3.50. The summed E-state index contributed by atoms with van der Waals surface area (Å²) in [7, 11) is -3.41. The molecule has 3 aliphatic rings. The maximum atomic E-state index is 12.7. The lowest BCUT2D eigenvalue weighted by Gasteiger charge is -2.57. The number of aromatic nitrogens is 2. The molecule has 32 heavy (non-hydrogen) atoms. The third-order valence-electron chi connectivity index (χ3n) is 7.02. The van der Waals surface area contributed by atoms with Crippen molar-refractivity contribution in [2.75, 3.05) is 0 Å². The van der Waals surface area contributed by atoms with Crippen LogP contribution in [0.5, 0.6) is 0 Å². The summed E-state index contributed by atoms with van der Waals surface area (Å²) in [4.78, 5) is 21.2. The fourth-order valence-corrected chi connectivity index (χ4v) is 6.96. The van der Waals surface area contributed by atoms with Crippen molar-refractivity contribution in [3.8, 4) is 0 Å². The lowest BCUT2D eigenvalue weighted by molar-refractivity contribution is -0.0253. The third kappa shape index (κ3) is 3.40. The van der Waals surface area contributed by atoms with Crippen LogP contribution in [-0.4, -0.2) is 35.6 Å². The molecule has 0 saturated heterocycles. The summed E-state index contributed by atoms with van der Waals surface area (Å²) in [6.45, 7) is 0. The molecule has 1 amide bonds. The average molecular weight is 472 g/mol. The Morgan fingerprint density at radius 1 is 1.12 bits per heavy atom. The van der Waals surface area contributed by atoms with E-state index in [1.165, 1.54) is 12.3 Å². The number of oxazole rings is 1. The van der Waals surface area contributed by atoms with Gasteiger partial charge in [0.2, 0.25) is 0 Å². The van der Waals surface area contributed by atoms with Gasteiger partial charge < -0.3 is 9.73 Å². The molecule has 1 N–H and O–H groups in total. The maximum Gasteiger partial charge on any atom is 0.251 e. The van der Waals surface area contributed by atoms with E-state index in [-0.39, 0.29) is 27.6 Å². The number of rotatable bonds is 5. The Hall–Kier alpha value is -2.45. The van der Waals surface area contributed by atoms with Gasteiger partial charge in [0.1, 0.15) is 5.52 Å². The van der Waals surface area contributed by atoms with E-state index in [0.29, 0.717) is 29.3 Å². The largest absolute Gasteiger partial charge is 0.440 e. The highest BCUT2D eigenvalue weighted by Gasteiger charge is 2.54. The second-order valence-corrected chi connectivity index (χ2v) is 12.1. The van der Waals surface area contributed by atoms with Crippen LogP contribution in [0.15, 0.2) is 46.0 Å². The first-order chi connectivity index (χ1) is 15.3. The van der Waals surface area contributed by atoms with Crippen LogP contribution in [0.2, 0.25) is 5.02 Å². The number of carbonyl (C=O) groups excluding carboxylic acids is 1. The minimum atomic E-state index is -3.41. The maximum absolute atomic E-state index is 12.7. The number of carbonyl (C=O) groups is 1. The van der Waals surface area contributed by atoms with Crippen molar-refractivity contribution in [3.05, 3.63) is 53.0 Å². The molecule has 0 radical (unpaired) electrons. The Bertz CT molecular complexity index is 1330. The summed E-state index contributed by atoms with van der Waals surface area (Å²) < 4.78 is 30.7. The van der Waals surface area contributed by atoms with Gasteiger partial charge in [-0.1, -0.05) is 11.6 Å². The minimum Gasteiger partial charge on any atom is -0.440 e. The summed E-state index contributed by atoms with van der Waals surface area (Å²) in [5.41, 5.74) is 2.12. The van der Waals surface area contributed by atoms with E-state index in [2.05, 4.69) is 15.3 Å². The lowest BCUT2D eigenvalue weighted by atomic mass is 9.50. The van der Waals surface area contributed by atoms with Gasteiger partial charge in [-0.3, -0.25) is 4.79 Å². The highest BCUT2D eigenvalue weighted by Crippen LogP contribution is 2.61. The van der Waals surface area contributed by atoms with E-state index < -0.39 is 9.84 Å². The molecule has 1 spiro atoms. The van der Waals surface area contributed by atoms with Gasteiger partial charge in [0.05, 0.1) is 5.25 Å². The van der Waals surface area contributed by atoms with Crippen molar-refractivity contribution in [2.24, 2.45) is 5.41 Å². The van der Waals surface area contributed by atoms with Crippen molar-refractivity contribution >= 4 is 38.4 Å². The molecule has 3 saturated carbocycles. The van der Waals surface area contributed by atoms with Crippen LogP contribution in [0.25, 0.3) is 11.1 Å². The van der Waals surface area contributed by atoms with E-state index in [4.69, 9.17) is 16.0 Å². The first-order valence-electron chi connectivity index (χ1n) is 10.9. The number of benzene rings is 1. The monoisotopic (exact) mass is 471 g/mol. The molecule has 2 aromatic heterocycles. The van der Waals surface area contributed by atoms with Crippen LogP contribution in [0.4, 0.5) is 0 Å². The molecule has 6 rings (SSSR count). The van der Waals surface area contributed by atoms with Crippen LogP contribution in [-0.2, 0) is 9.84 Å². The second kappa shape index (κ2) is 7.02. The smallest absolute Gasteiger partial charge is 0.251 e. The van der Waals surface area contributed by atoms with E-state index >= 15 is 0 Å². The molecule has 9 heteroatoms. The highest BCUT2D eigenvalue weighted by molar-refractivity contribution is 7.92. The number of hydrogen-bond donors (Lipinski definition) is 1. The summed E-state index contributed by atoms with van der Waals surface area (Å²) in [5, 5.41) is 3.35. The van der Waals surface area contributed by atoms with E-state index in [9.17, 15) is 13.2 Å². The fraction of sp³-hybridized carbons (Fsp3) is 0.435. The van der Waals surface area contributed by atoms with E-state index in [1.54, 1.807) is 12.1 Å². The quantitative estimate of drug-likeness (QED) is 0.596. The van der Waals surface area contributed by atoms with Crippen LogP contribution in [0.3, 0.4) is 0 Å². The summed E-state index contributed by atoms with van der Waals surface area (Å²) in [6.07, 6.45) is 6.57. The highest BCUT2D eigenvalue weighted by atomic mass is 35.5. The fourth-order valence-electron chi connectivity index (χ4n) is 5.20. The number of fused-ring (bicyclic) bond motifs is 1. The van der Waals surface area contributed by atoms with Crippen LogP contribution in [0.1, 0.15) is 60.7 Å². The second-order valence-electron chi connectivity index (χ2n) is 9.48. The van der Waals surface area contributed by atoms with Crippen LogP contribution < -0.4 is 5.32 Å². The van der Waals surface area contributed by atoms with Crippen molar-refractivity contribution < 1.29 is 17.6 Å². The number of halogens is 1. The Kier molecular flexibility index (Phi) is 4.43. The number of pyridine rings is 1. The number of nitrogens with one attached hydrogen (secondary N) is 1. The molecule has 3 aromatic rings. The summed E-state index contributed by atoms with van der Waals surface area (Å²) >= 11 is 6.03. The number of amides is 1. The molecule has 0 aliphatic heterocycles. The Labute approximate surface area is 190 Å². The standard InChI is InChI=1S/C23H22ClN3O4S/c24-15-1-4-19-18(8-15)27-22(31-19)14-9-23(10-14)11-16(12-23)26-21(28)13-5-6-25-20(7-13)32(29,30)17-2-3-17/h1,4-8,14,16-17H,2-3,9-12H2,(H,26,28)/t14-,16-,23?. The van der Waals surface area contributed by atoms with Gasteiger partial charge >= 0.3 is 0 Å². The van der Waals surface area contributed by atoms with Gasteiger partial charge in [-0.05, 0) is 74.3 Å². The van der Waals surface area contributed by atoms with E-state index in [1.807, 2.05) is 12.1 Å². The molecule has 166 valence electrons. The summed E-state index contributed by atoms with van der Waals surface area (Å²) in [6, 6.07) is 8.52. The van der Waals surface area contributed by atoms with Crippen LogP contribution >= 0.6 is 11.6 Å². The SMILES string of the molecule is O=C(N[C@H]1CC2(C1)C[C@H](c1nc3cc(Cl)ccc3o1)C2)c1ccnc(S(=O)(=O)C2CC2)c1. The number of sulfone groups is 1. The molecule has 0 atom stereocenters. The van der Waals surface area contributed by atoms with Gasteiger partial charge in [-0.15, -0.1) is 0 Å². The molecular weight excluding hydrogens is 450 g/mol. The van der Waals surface area contributed by atoms with Gasteiger partial charge in [0.15, 0.2) is 26.3 Å². The minimum absolute atomic E-state index is 0.000753. The topological polar surface area (TPSA) is 102 Å². The summed E-state index contributed by atoms with van der Waals surface area (Å²) in [5.74, 6) is 0.820. The van der Waals surface area contributed by atoms with Crippen molar-refractivity contribution in [1.82, 2.24) is 15.3 Å². The van der Waals surface area contributed by atoms with Gasteiger partial charge in [-0.25, -0.2) is 18.4 Å². The zero-order valence-corrected chi connectivity index (χ0v) is 18.8. The van der Waals surface area contributed by atoms with Crippen molar-refractivity contribution in [3.63, 3.8) is 0 Å². The van der Waals surface area contributed by atoms with Crippen LogP contribution in [0, 0.1) is 5.41 Å². The molecule has 3 aliphatic carbocycles. The number of hydrogen-bond acceptors (Lipinski definition) is 6. The van der Waals surface area contributed by atoms with Crippen molar-refractivity contribution in [2.45, 2.75) is 60.8 Å². The number of nitrogens with zero attached hydrogens (tertiary/aromatic N) is 2. The molecule has 3 fully saturated rings. The predicted octanol–water partition coefficient (Wildman–Crippen LogP) is 4.27. The zero-order chi connectivity index (χ0) is 22.1. The first kappa shape index (κ1) is 20.2.